The molecule has 0 saturated carbocycles. The maximum atomic E-state index is 13.5. The van der Waals surface area contributed by atoms with Crippen LogP contribution in [-0.4, -0.2) is 18.4 Å². The molecule has 3 aromatic rings. The second-order valence-corrected chi connectivity index (χ2v) is 7.51. The lowest BCUT2D eigenvalue weighted by Crippen LogP contribution is -2.32. The van der Waals surface area contributed by atoms with Gasteiger partial charge in [-0.3, -0.25) is 9.59 Å². The molecule has 1 N–H and O–H groups in total. The van der Waals surface area contributed by atoms with Gasteiger partial charge in [0.1, 0.15) is 11.4 Å². The number of carbonyl (C=O) groups excluding carboxylic acids is 2. The number of anilines is 2. The number of halogens is 1. The van der Waals surface area contributed by atoms with E-state index in [0.29, 0.717) is 39.9 Å². The zero-order valence-corrected chi connectivity index (χ0v) is 17.9. The molecule has 0 spiro atoms. The van der Waals surface area contributed by atoms with Gasteiger partial charge in [-0.15, -0.1) is 0 Å². The van der Waals surface area contributed by atoms with Crippen LogP contribution in [0, 0.1) is 6.92 Å². The van der Waals surface area contributed by atoms with Crippen molar-refractivity contribution >= 4 is 40.4 Å². The second kappa shape index (κ2) is 8.66. The maximum absolute atomic E-state index is 13.5. The third kappa shape index (κ3) is 4.05. The number of hydrogen-bond acceptors (Lipinski definition) is 4. The minimum absolute atomic E-state index is 0.211. The van der Waals surface area contributed by atoms with Gasteiger partial charge >= 0.3 is 0 Å². The van der Waals surface area contributed by atoms with Crippen LogP contribution in [0.2, 0.25) is 5.02 Å². The van der Waals surface area contributed by atoms with Crippen molar-refractivity contribution in [2.45, 2.75) is 13.8 Å². The highest BCUT2D eigenvalue weighted by Gasteiger charge is 2.40. The Balaban J connectivity index is 1.81. The summed E-state index contributed by atoms with van der Waals surface area (Å²) in [7, 11) is 0. The first-order valence-electron chi connectivity index (χ1n) is 9.94. The molecule has 0 aromatic heterocycles. The van der Waals surface area contributed by atoms with Crippen LogP contribution in [0.4, 0.5) is 11.4 Å². The lowest BCUT2D eigenvalue weighted by Gasteiger charge is -2.17. The van der Waals surface area contributed by atoms with E-state index in [1.165, 1.54) is 4.90 Å². The van der Waals surface area contributed by atoms with E-state index < -0.39 is 11.8 Å². The quantitative estimate of drug-likeness (QED) is 0.526. The fraction of sp³-hybridized carbons (Fsp3) is 0.120. The Morgan fingerprint density at radius 2 is 1.71 bits per heavy atom. The maximum Gasteiger partial charge on any atom is 0.282 e. The molecule has 1 heterocycles. The molecule has 1 aliphatic heterocycles. The highest BCUT2D eigenvalue weighted by atomic mass is 35.5. The van der Waals surface area contributed by atoms with Gasteiger partial charge < -0.3 is 10.1 Å². The van der Waals surface area contributed by atoms with E-state index in [9.17, 15) is 9.59 Å². The Hall–Kier alpha value is -3.57. The molecular weight excluding hydrogens is 412 g/mol. The summed E-state index contributed by atoms with van der Waals surface area (Å²) in [4.78, 5) is 28.1. The Morgan fingerprint density at radius 3 is 2.45 bits per heavy atom. The first-order valence-corrected chi connectivity index (χ1v) is 10.3. The summed E-state index contributed by atoms with van der Waals surface area (Å²) in [6, 6.07) is 21.5. The van der Waals surface area contributed by atoms with E-state index in [-0.39, 0.29) is 5.70 Å². The molecule has 0 radical (unpaired) electrons. The van der Waals surface area contributed by atoms with Gasteiger partial charge in [-0.05, 0) is 49.2 Å². The number of benzene rings is 3. The number of amides is 2. The van der Waals surface area contributed by atoms with Crippen molar-refractivity contribution in [2.75, 3.05) is 16.8 Å². The number of hydrogen-bond donors (Lipinski definition) is 1. The molecule has 6 heteroatoms. The average molecular weight is 433 g/mol. The molecule has 4 rings (SSSR count). The summed E-state index contributed by atoms with van der Waals surface area (Å²) in [6.45, 7) is 4.27. The summed E-state index contributed by atoms with van der Waals surface area (Å²) in [6.07, 6.45) is 0. The molecule has 156 valence electrons. The third-order valence-electron chi connectivity index (χ3n) is 4.99. The van der Waals surface area contributed by atoms with Gasteiger partial charge in [0.2, 0.25) is 0 Å². The van der Waals surface area contributed by atoms with E-state index in [2.05, 4.69) is 5.32 Å². The lowest BCUT2D eigenvalue weighted by atomic mass is 10.0. The Labute approximate surface area is 185 Å². The zero-order valence-electron chi connectivity index (χ0n) is 17.2. The fourth-order valence-corrected chi connectivity index (χ4v) is 3.67. The molecule has 0 saturated heterocycles. The average Bonchev–Trinajstić information content (AvgIpc) is 3.01. The summed E-state index contributed by atoms with van der Waals surface area (Å²) in [5.41, 5.74) is 3.21. The number of ether oxygens (including phenoxy) is 1. The van der Waals surface area contributed by atoms with Crippen LogP contribution in [0.25, 0.3) is 5.57 Å². The predicted octanol–water partition coefficient (Wildman–Crippen LogP) is 5.44. The van der Waals surface area contributed by atoms with Gasteiger partial charge in [-0.25, -0.2) is 4.90 Å². The lowest BCUT2D eigenvalue weighted by molar-refractivity contribution is -0.120. The molecule has 5 nitrogen and oxygen atoms in total. The smallest absolute Gasteiger partial charge is 0.282 e. The molecule has 0 bridgehead atoms. The van der Waals surface area contributed by atoms with E-state index in [4.69, 9.17) is 16.3 Å². The second-order valence-electron chi connectivity index (χ2n) is 7.08. The fourth-order valence-electron chi connectivity index (χ4n) is 3.50. The molecule has 1 aliphatic rings. The van der Waals surface area contributed by atoms with Crippen LogP contribution < -0.4 is 15.0 Å². The molecule has 3 aromatic carbocycles. The predicted molar refractivity (Wildman–Crippen MR) is 123 cm³/mol. The summed E-state index contributed by atoms with van der Waals surface area (Å²) < 4.78 is 5.55. The summed E-state index contributed by atoms with van der Waals surface area (Å²) >= 11 is 6.16. The van der Waals surface area contributed by atoms with Crippen molar-refractivity contribution in [3.8, 4) is 5.75 Å². The number of carbonyl (C=O) groups is 2. The third-order valence-corrected chi connectivity index (χ3v) is 5.23. The van der Waals surface area contributed by atoms with Crippen molar-refractivity contribution < 1.29 is 14.3 Å². The van der Waals surface area contributed by atoms with Crippen LogP contribution in [0.3, 0.4) is 0 Å². The largest absolute Gasteiger partial charge is 0.494 e. The Kier molecular flexibility index (Phi) is 5.78. The van der Waals surface area contributed by atoms with Crippen molar-refractivity contribution in [3.63, 3.8) is 0 Å². The highest BCUT2D eigenvalue weighted by Crippen LogP contribution is 2.35. The van der Waals surface area contributed by atoms with Gasteiger partial charge in [0.05, 0.1) is 17.9 Å². The minimum Gasteiger partial charge on any atom is -0.494 e. The molecule has 2 amide bonds. The number of nitrogens with one attached hydrogen (secondary N) is 1. The number of aryl methyl sites for hydroxylation is 1. The Morgan fingerprint density at radius 1 is 0.935 bits per heavy atom. The minimum atomic E-state index is -0.433. The van der Waals surface area contributed by atoms with E-state index >= 15 is 0 Å². The standard InChI is InChI=1S/C25H21ClN2O3/c1-3-31-20-11-7-10-19(15-20)28-24(29)22(17-8-5-4-6-9-17)23(25(28)30)27-21-14-18(26)13-12-16(21)2/h4-15,27H,3H2,1-2H3. The van der Waals surface area contributed by atoms with Crippen LogP contribution in [-0.2, 0) is 9.59 Å². The normalized spacial score (nSPS) is 13.7. The molecule has 31 heavy (non-hydrogen) atoms. The Bertz CT molecular complexity index is 1190. The molecule has 0 atom stereocenters. The van der Waals surface area contributed by atoms with Gasteiger partial charge in [0, 0.05) is 16.8 Å². The van der Waals surface area contributed by atoms with Crippen molar-refractivity contribution in [1.29, 1.82) is 0 Å². The molecular formula is C25H21ClN2O3. The van der Waals surface area contributed by atoms with Crippen LogP contribution in [0.5, 0.6) is 5.75 Å². The molecule has 0 aliphatic carbocycles. The highest BCUT2D eigenvalue weighted by molar-refractivity contribution is 6.46. The van der Waals surface area contributed by atoms with Gasteiger partial charge in [-0.1, -0.05) is 54.1 Å². The van der Waals surface area contributed by atoms with E-state index in [1.807, 2.05) is 50.2 Å². The number of imide groups is 1. The summed E-state index contributed by atoms with van der Waals surface area (Å²) in [5.74, 6) is -0.238. The topological polar surface area (TPSA) is 58.6 Å². The molecule has 0 fully saturated rings. The van der Waals surface area contributed by atoms with Crippen LogP contribution in [0.1, 0.15) is 18.1 Å². The zero-order chi connectivity index (χ0) is 22.0. The van der Waals surface area contributed by atoms with E-state index in [0.717, 1.165) is 5.56 Å². The molecule has 0 unspecified atom stereocenters. The van der Waals surface area contributed by atoms with Crippen LogP contribution >= 0.6 is 11.6 Å². The van der Waals surface area contributed by atoms with Gasteiger partial charge in [0.15, 0.2) is 0 Å². The summed E-state index contributed by atoms with van der Waals surface area (Å²) in [5, 5.41) is 3.71. The van der Waals surface area contributed by atoms with Crippen molar-refractivity contribution in [2.24, 2.45) is 0 Å². The monoisotopic (exact) mass is 432 g/mol. The van der Waals surface area contributed by atoms with Crippen molar-refractivity contribution in [3.05, 3.63) is 94.6 Å². The number of rotatable bonds is 6. The number of nitrogens with zero attached hydrogens (tertiary/aromatic N) is 1. The first kappa shape index (κ1) is 20.7. The van der Waals surface area contributed by atoms with Gasteiger partial charge in [0.25, 0.3) is 11.8 Å². The SMILES string of the molecule is CCOc1cccc(N2C(=O)C(Nc3cc(Cl)ccc3C)=C(c3ccccc3)C2=O)c1. The first-order chi connectivity index (χ1) is 15.0. The van der Waals surface area contributed by atoms with E-state index in [1.54, 1.807) is 36.4 Å². The van der Waals surface area contributed by atoms with Crippen molar-refractivity contribution in [1.82, 2.24) is 0 Å². The van der Waals surface area contributed by atoms with Gasteiger partial charge in [-0.2, -0.15) is 0 Å². The van der Waals surface area contributed by atoms with Crippen LogP contribution in [0.15, 0.2) is 78.5 Å².